The van der Waals surface area contributed by atoms with E-state index in [-0.39, 0.29) is 0 Å². The number of sulfonamides is 1. The summed E-state index contributed by atoms with van der Waals surface area (Å²) in [6.07, 6.45) is 4.61. The van der Waals surface area contributed by atoms with Gasteiger partial charge in [0.15, 0.2) is 0 Å². The lowest BCUT2D eigenvalue weighted by molar-refractivity contribution is 0.281. The van der Waals surface area contributed by atoms with Gasteiger partial charge in [0.05, 0.1) is 0 Å². The summed E-state index contributed by atoms with van der Waals surface area (Å²) < 4.78 is 27.4. The van der Waals surface area contributed by atoms with Gasteiger partial charge in [0.2, 0.25) is 0 Å². The van der Waals surface area contributed by atoms with E-state index in [1.54, 1.807) is 4.31 Å². The van der Waals surface area contributed by atoms with Crippen molar-refractivity contribution in [2.24, 2.45) is 5.92 Å². The van der Waals surface area contributed by atoms with Crippen molar-refractivity contribution in [3.63, 3.8) is 0 Å². The Balaban J connectivity index is 1.69. The van der Waals surface area contributed by atoms with Gasteiger partial charge in [-0.25, -0.2) is 8.42 Å². The van der Waals surface area contributed by atoms with Gasteiger partial charge in [-0.3, -0.25) is 0 Å². The molecule has 1 unspecified atom stereocenters. The van der Waals surface area contributed by atoms with Crippen LogP contribution < -0.4 is 5.32 Å². The van der Waals surface area contributed by atoms with E-state index < -0.39 is 10.0 Å². The van der Waals surface area contributed by atoms with Gasteiger partial charge in [-0.15, -0.1) is 11.3 Å². The van der Waals surface area contributed by atoms with Crippen molar-refractivity contribution in [1.82, 2.24) is 9.62 Å². The summed E-state index contributed by atoms with van der Waals surface area (Å²) in [5.74, 6) is 0.467. The maximum Gasteiger partial charge on any atom is 0.252 e. The van der Waals surface area contributed by atoms with Gasteiger partial charge in [0.25, 0.3) is 10.0 Å². The summed E-state index contributed by atoms with van der Waals surface area (Å²) in [5, 5.41) is 5.39. The first kappa shape index (κ1) is 14.5. The van der Waals surface area contributed by atoms with E-state index in [2.05, 4.69) is 12.2 Å². The Labute approximate surface area is 125 Å². The summed E-state index contributed by atoms with van der Waals surface area (Å²) in [6.45, 7) is 4.24. The fourth-order valence-corrected chi connectivity index (χ4v) is 5.58. The monoisotopic (exact) mass is 314 g/mol. The van der Waals surface area contributed by atoms with Crippen molar-refractivity contribution in [2.75, 3.05) is 13.1 Å². The maximum absolute atomic E-state index is 12.6. The predicted molar refractivity (Wildman–Crippen MR) is 81.3 cm³/mol. The van der Waals surface area contributed by atoms with E-state index in [0.717, 1.165) is 24.9 Å². The first-order valence-electron chi connectivity index (χ1n) is 7.36. The first-order valence-corrected chi connectivity index (χ1v) is 9.68. The van der Waals surface area contributed by atoms with Crippen LogP contribution in [0.3, 0.4) is 0 Å². The Morgan fingerprint density at radius 2 is 2.20 bits per heavy atom. The molecule has 0 spiro atoms. The van der Waals surface area contributed by atoms with Gasteiger partial charge in [-0.05, 0) is 48.6 Å². The molecule has 0 radical (unpaired) electrons. The van der Waals surface area contributed by atoms with Crippen molar-refractivity contribution in [3.05, 3.63) is 17.0 Å². The zero-order valence-electron chi connectivity index (χ0n) is 11.8. The topological polar surface area (TPSA) is 49.4 Å². The average Bonchev–Trinajstić information content (AvgIpc) is 3.12. The molecule has 1 aromatic rings. The predicted octanol–water partition coefficient (Wildman–Crippen LogP) is 2.42. The molecule has 2 aliphatic rings. The Morgan fingerprint density at radius 1 is 1.40 bits per heavy atom. The molecule has 2 heterocycles. The summed E-state index contributed by atoms with van der Waals surface area (Å²) >= 11 is 1.35. The van der Waals surface area contributed by atoms with E-state index in [4.69, 9.17) is 0 Å². The summed E-state index contributed by atoms with van der Waals surface area (Å²) in [5.41, 5.74) is 1.09. The van der Waals surface area contributed by atoms with Crippen LogP contribution in [0.5, 0.6) is 0 Å². The molecule has 112 valence electrons. The van der Waals surface area contributed by atoms with Crippen LogP contribution in [0.25, 0.3) is 0 Å². The molecular weight excluding hydrogens is 292 g/mol. The molecule has 1 saturated heterocycles. The number of hydrogen-bond donors (Lipinski definition) is 1. The van der Waals surface area contributed by atoms with Gasteiger partial charge >= 0.3 is 0 Å². The molecule has 0 aromatic carbocycles. The summed E-state index contributed by atoms with van der Waals surface area (Å²) in [7, 11) is -3.27. The minimum absolute atomic E-state index is 0.467. The second-order valence-electron chi connectivity index (χ2n) is 6.04. The van der Waals surface area contributed by atoms with Gasteiger partial charge in [-0.1, -0.05) is 6.92 Å². The molecule has 1 N–H and O–H groups in total. The number of thiophene rings is 1. The Bertz CT molecular complexity index is 563. The minimum atomic E-state index is -3.27. The van der Waals surface area contributed by atoms with Crippen LogP contribution in [-0.4, -0.2) is 31.9 Å². The number of rotatable bonds is 5. The summed E-state index contributed by atoms with van der Waals surface area (Å²) in [4.78, 5) is 0. The van der Waals surface area contributed by atoms with Crippen LogP contribution in [0.4, 0.5) is 0 Å². The van der Waals surface area contributed by atoms with Crippen LogP contribution in [0.2, 0.25) is 0 Å². The average molecular weight is 314 g/mol. The molecule has 1 aliphatic carbocycles. The highest BCUT2D eigenvalue weighted by Gasteiger charge is 2.30. The van der Waals surface area contributed by atoms with Gasteiger partial charge in [0.1, 0.15) is 4.21 Å². The molecular formula is C14H22N2O2S2. The first-order chi connectivity index (χ1) is 9.55. The van der Waals surface area contributed by atoms with Crippen LogP contribution in [-0.2, 0) is 16.6 Å². The quantitative estimate of drug-likeness (QED) is 0.908. The highest BCUT2D eigenvalue weighted by Crippen LogP contribution is 2.28. The van der Waals surface area contributed by atoms with Crippen molar-refractivity contribution in [1.29, 1.82) is 0 Å². The van der Waals surface area contributed by atoms with E-state index in [1.807, 2.05) is 11.4 Å². The van der Waals surface area contributed by atoms with Crippen molar-refractivity contribution >= 4 is 21.4 Å². The Morgan fingerprint density at radius 3 is 2.90 bits per heavy atom. The Hall–Kier alpha value is -0.430. The smallest absolute Gasteiger partial charge is 0.252 e. The van der Waals surface area contributed by atoms with E-state index >= 15 is 0 Å². The maximum atomic E-state index is 12.6. The van der Waals surface area contributed by atoms with Gasteiger partial charge in [-0.2, -0.15) is 4.31 Å². The third-order valence-electron chi connectivity index (χ3n) is 4.02. The van der Waals surface area contributed by atoms with Gasteiger partial charge < -0.3 is 5.32 Å². The van der Waals surface area contributed by atoms with Crippen molar-refractivity contribution in [3.8, 4) is 0 Å². The standard InChI is InChI=1S/C14H22N2O2S2/c1-11-3-2-6-16(9-11)20(17,18)14-7-12(10-19-14)8-15-13-4-5-13/h7,10-11,13,15H,2-6,8-9H2,1H3. The SMILES string of the molecule is CC1CCCN(S(=O)(=O)c2cc(CNC3CC3)cs2)C1. The van der Waals surface area contributed by atoms with Crippen molar-refractivity contribution < 1.29 is 8.42 Å². The highest BCUT2D eigenvalue weighted by molar-refractivity contribution is 7.91. The number of hydrogen-bond acceptors (Lipinski definition) is 4. The molecule has 1 atom stereocenters. The zero-order chi connectivity index (χ0) is 14.2. The fourth-order valence-electron chi connectivity index (χ4n) is 2.62. The van der Waals surface area contributed by atoms with Gasteiger partial charge in [0, 0.05) is 25.7 Å². The molecule has 1 aromatic heterocycles. The molecule has 20 heavy (non-hydrogen) atoms. The second-order valence-corrected chi connectivity index (χ2v) is 9.12. The molecule has 1 aliphatic heterocycles. The van der Waals surface area contributed by atoms with Crippen molar-refractivity contribution in [2.45, 2.75) is 49.4 Å². The number of piperidine rings is 1. The van der Waals surface area contributed by atoms with Crippen LogP contribution in [0.15, 0.2) is 15.7 Å². The van der Waals surface area contributed by atoms with E-state index in [1.165, 1.54) is 24.2 Å². The third kappa shape index (κ3) is 3.24. The van der Waals surface area contributed by atoms with E-state index in [0.29, 0.717) is 29.3 Å². The lowest BCUT2D eigenvalue weighted by atomic mass is 10.0. The lowest BCUT2D eigenvalue weighted by Gasteiger charge is -2.29. The van der Waals surface area contributed by atoms with E-state index in [9.17, 15) is 8.42 Å². The third-order valence-corrected chi connectivity index (χ3v) is 7.34. The molecule has 1 saturated carbocycles. The molecule has 0 amide bonds. The number of nitrogens with zero attached hydrogens (tertiary/aromatic N) is 1. The Kier molecular flexibility index (Phi) is 4.17. The van der Waals surface area contributed by atoms with Crippen LogP contribution >= 0.6 is 11.3 Å². The fraction of sp³-hybridized carbons (Fsp3) is 0.714. The molecule has 4 nitrogen and oxygen atoms in total. The second kappa shape index (κ2) is 5.75. The molecule has 3 rings (SSSR count). The normalized spacial score (nSPS) is 24.9. The highest BCUT2D eigenvalue weighted by atomic mass is 32.2. The lowest BCUT2D eigenvalue weighted by Crippen LogP contribution is -2.38. The number of nitrogens with one attached hydrogen (secondary N) is 1. The molecule has 0 bridgehead atoms. The van der Waals surface area contributed by atoms with Crippen LogP contribution in [0, 0.1) is 5.92 Å². The zero-order valence-corrected chi connectivity index (χ0v) is 13.5. The molecule has 6 heteroatoms. The minimum Gasteiger partial charge on any atom is -0.310 e. The molecule has 2 fully saturated rings. The summed E-state index contributed by atoms with van der Waals surface area (Å²) in [6, 6.07) is 2.49. The largest absolute Gasteiger partial charge is 0.310 e. The van der Waals surface area contributed by atoms with Crippen LogP contribution in [0.1, 0.15) is 38.2 Å².